The Hall–Kier alpha value is -2.50. The summed E-state index contributed by atoms with van der Waals surface area (Å²) in [5, 5.41) is 3.21. The van der Waals surface area contributed by atoms with Gasteiger partial charge in [0.05, 0.1) is 17.4 Å². The number of nitrogens with zero attached hydrogens (tertiary/aromatic N) is 2. The molecule has 2 fully saturated rings. The van der Waals surface area contributed by atoms with Crippen LogP contribution in [0.2, 0.25) is 0 Å². The van der Waals surface area contributed by atoms with Gasteiger partial charge in [0, 0.05) is 38.6 Å². The quantitative estimate of drug-likeness (QED) is 0.932. The number of hydrogen-bond donors (Lipinski definition) is 1. The normalized spacial score (nSPS) is 21.8. The van der Waals surface area contributed by atoms with Crippen molar-refractivity contribution in [3.8, 4) is 0 Å². The van der Waals surface area contributed by atoms with Gasteiger partial charge in [0.25, 0.3) is 11.8 Å². The van der Waals surface area contributed by atoms with Crippen LogP contribution in [-0.4, -0.2) is 40.4 Å². The second kappa shape index (κ2) is 6.10. The van der Waals surface area contributed by atoms with Crippen LogP contribution in [0, 0.1) is 5.41 Å². The fourth-order valence-corrected chi connectivity index (χ4v) is 4.12. The van der Waals surface area contributed by atoms with E-state index in [4.69, 9.17) is 4.42 Å². The summed E-state index contributed by atoms with van der Waals surface area (Å²) in [4.78, 5) is 26.7. The van der Waals surface area contributed by atoms with Crippen LogP contribution in [0.4, 0.5) is 0 Å². The fourth-order valence-electron chi connectivity index (χ4n) is 4.12. The molecule has 1 aliphatic heterocycles. The van der Waals surface area contributed by atoms with Gasteiger partial charge in [-0.2, -0.15) is 0 Å². The minimum Gasteiger partial charge on any atom is -0.472 e. The monoisotopic (exact) mass is 341 g/mol. The second-order valence-electron chi connectivity index (χ2n) is 7.30. The van der Waals surface area contributed by atoms with Gasteiger partial charge in [-0.05, 0) is 43.2 Å². The SMILES string of the molecule is Cn1ccc(C(=O)N[C@@H]2CCC23CCN(C(=O)c2ccoc2)CC3)c1. The third-order valence-corrected chi connectivity index (χ3v) is 5.88. The third kappa shape index (κ3) is 2.86. The van der Waals surface area contributed by atoms with Crippen molar-refractivity contribution in [3.63, 3.8) is 0 Å². The molecule has 0 unspecified atom stereocenters. The van der Waals surface area contributed by atoms with Crippen LogP contribution in [0.5, 0.6) is 0 Å². The summed E-state index contributed by atoms with van der Waals surface area (Å²) in [7, 11) is 1.91. The van der Waals surface area contributed by atoms with Crippen LogP contribution in [0.3, 0.4) is 0 Å². The van der Waals surface area contributed by atoms with Gasteiger partial charge in [0.15, 0.2) is 0 Å². The highest BCUT2D eigenvalue weighted by Gasteiger charge is 2.49. The van der Waals surface area contributed by atoms with Crippen molar-refractivity contribution >= 4 is 11.8 Å². The van der Waals surface area contributed by atoms with E-state index in [0.29, 0.717) is 11.1 Å². The zero-order chi connectivity index (χ0) is 17.4. The van der Waals surface area contributed by atoms with Crippen molar-refractivity contribution in [1.82, 2.24) is 14.8 Å². The maximum atomic E-state index is 12.4. The summed E-state index contributed by atoms with van der Waals surface area (Å²) in [6.07, 6.45) is 10.8. The molecule has 4 rings (SSSR count). The molecule has 2 aromatic rings. The number of likely N-dealkylation sites (tertiary alicyclic amines) is 1. The second-order valence-corrected chi connectivity index (χ2v) is 7.30. The standard InChI is InChI=1S/C19H23N3O3/c1-21-8-3-14(12-21)17(23)20-16-2-5-19(16)6-9-22(10-7-19)18(24)15-4-11-25-13-15/h3-4,8,11-13,16H,2,5-7,9-10H2,1H3,(H,20,23)/t16-/m1/s1. The van der Waals surface area contributed by atoms with Gasteiger partial charge in [-0.3, -0.25) is 9.59 Å². The molecule has 6 heteroatoms. The minimum atomic E-state index is 0.00146. The lowest BCUT2D eigenvalue weighted by molar-refractivity contribution is -0.00233. The maximum absolute atomic E-state index is 12.4. The number of aryl methyl sites for hydroxylation is 1. The zero-order valence-corrected chi connectivity index (χ0v) is 14.4. The predicted octanol–water partition coefficient (Wildman–Crippen LogP) is 2.43. The van der Waals surface area contributed by atoms with Crippen LogP contribution in [0.25, 0.3) is 0 Å². The van der Waals surface area contributed by atoms with Crippen LogP contribution in [0.1, 0.15) is 46.4 Å². The van der Waals surface area contributed by atoms with Crippen molar-refractivity contribution in [2.45, 2.75) is 31.7 Å². The summed E-state index contributed by atoms with van der Waals surface area (Å²) < 4.78 is 6.89. The van der Waals surface area contributed by atoms with Crippen LogP contribution in [0.15, 0.2) is 41.5 Å². The molecule has 6 nitrogen and oxygen atoms in total. The molecule has 1 aliphatic carbocycles. The minimum absolute atomic E-state index is 0.00146. The Bertz CT molecular complexity index is 770. The Labute approximate surface area is 146 Å². The van der Waals surface area contributed by atoms with Gasteiger partial charge in [0.1, 0.15) is 6.26 Å². The molecule has 0 radical (unpaired) electrons. The van der Waals surface area contributed by atoms with Gasteiger partial charge < -0.3 is 19.2 Å². The number of aromatic nitrogens is 1. The molecule has 2 aliphatic rings. The van der Waals surface area contributed by atoms with E-state index in [2.05, 4.69) is 5.32 Å². The van der Waals surface area contributed by atoms with E-state index in [1.165, 1.54) is 12.5 Å². The molecule has 2 amide bonds. The first-order valence-corrected chi connectivity index (χ1v) is 8.82. The fraction of sp³-hybridized carbons (Fsp3) is 0.474. The first kappa shape index (κ1) is 16.0. The number of nitrogens with one attached hydrogen (secondary N) is 1. The van der Waals surface area contributed by atoms with E-state index in [1.54, 1.807) is 6.07 Å². The van der Waals surface area contributed by atoms with E-state index >= 15 is 0 Å². The molecule has 132 valence electrons. The molecule has 1 N–H and O–H groups in total. The Morgan fingerprint density at radius 1 is 1.20 bits per heavy atom. The van der Waals surface area contributed by atoms with Crippen molar-refractivity contribution in [2.75, 3.05) is 13.1 Å². The van der Waals surface area contributed by atoms with Crippen LogP contribution < -0.4 is 5.32 Å². The number of hydrogen-bond acceptors (Lipinski definition) is 3. The topological polar surface area (TPSA) is 67.5 Å². The Kier molecular flexibility index (Phi) is 3.90. The lowest BCUT2D eigenvalue weighted by atomic mass is 9.59. The summed E-state index contributed by atoms with van der Waals surface area (Å²) in [6.45, 7) is 1.48. The first-order valence-electron chi connectivity index (χ1n) is 8.82. The predicted molar refractivity (Wildman–Crippen MR) is 92.2 cm³/mol. The van der Waals surface area contributed by atoms with Crippen LogP contribution >= 0.6 is 0 Å². The number of amides is 2. The van der Waals surface area contributed by atoms with Gasteiger partial charge in [-0.15, -0.1) is 0 Å². The number of piperidine rings is 1. The first-order chi connectivity index (χ1) is 12.1. The van der Waals surface area contributed by atoms with E-state index in [0.717, 1.165) is 38.8 Å². The average molecular weight is 341 g/mol. The highest BCUT2D eigenvalue weighted by Crippen LogP contribution is 2.49. The summed E-state index contributed by atoms with van der Waals surface area (Å²) in [5.41, 5.74) is 1.47. The van der Waals surface area contributed by atoms with Crippen molar-refractivity contribution in [2.24, 2.45) is 12.5 Å². The molecule has 1 saturated heterocycles. The van der Waals surface area contributed by atoms with E-state index in [9.17, 15) is 9.59 Å². The lowest BCUT2D eigenvalue weighted by Gasteiger charge is -2.54. The van der Waals surface area contributed by atoms with Crippen molar-refractivity contribution in [1.29, 1.82) is 0 Å². The van der Waals surface area contributed by atoms with Crippen LogP contribution in [-0.2, 0) is 7.05 Å². The molecule has 25 heavy (non-hydrogen) atoms. The number of rotatable bonds is 3. The van der Waals surface area contributed by atoms with Crippen molar-refractivity contribution in [3.05, 3.63) is 48.2 Å². The van der Waals surface area contributed by atoms with Gasteiger partial charge in [-0.1, -0.05) is 0 Å². The largest absolute Gasteiger partial charge is 0.472 e. The van der Waals surface area contributed by atoms with E-state index < -0.39 is 0 Å². The Morgan fingerprint density at radius 3 is 2.56 bits per heavy atom. The summed E-state index contributed by atoms with van der Waals surface area (Å²) in [6, 6.07) is 3.76. The molecule has 0 aromatic carbocycles. The van der Waals surface area contributed by atoms with Gasteiger partial charge in [0.2, 0.25) is 0 Å². The average Bonchev–Trinajstić information content (AvgIpc) is 3.30. The number of carbonyl (C=O) groups is 2. The van der Waals surface area contributed by atoms with E-state index in [1.807, 2.05) is 35.0 Å². The molecule has 3 heterocycles. The Balaban J connectivity index is 1.36. The van der Waals surface area contributed by atoms with Gasteiger partial charge in [-0.25, -0.2) is 0 Å². The van der Waals surface area contributed by atoms with Gasteiger partial charge >= 0.3 is 0 Å². The molecule has 2 aromatic heterocycles. The Morgan fingerprint density at radius 2 is 2.00 bits per heavy atom. The molecular formula is C19H23N3O3. The number of furan rings is 1. The molecule has 1 saturated carbocycles. The highest BCUT2D eigenvalue weighted by atomic mass is 16.3. The third-order valence-electron chi connectivity index (χ3n) is 5.88. The smallest absolute Gasteiger partial charge is 0.257 e. The summed E-state index contributed by atoms with van der Waals surface area (Å²) in [5.74, 6) is 0.0365. The number of carbonyl (C=O) groups excluding carboxylic acids is 2. The van der Waals surface area contributed by atoms with Crippen molar-refractivity contribution < 1.29 is 14.0 Å². The summed E-state index contributed by atoms with van der Waals surface area (Å²) >= 11 is 0. The zero-order valence-electron chi connectivity index (χ0n) is 14.4. The molecule has 0 bridgehead atoms. The lowest BCUT2D eigenvalue weighted by Crippen LogP contribution is -2.59. The molecular weight excluding hydrogens is 318 g/mol. The maximum Gasteiger partial charge on any atom is 0.257 e. The molecule has 1 atom stereocenters. The molecule has 1 spiro atoms. The highest BCUT2D eigenvalue weighted by molar-refractivity contribution is 5.94. The van der Waals surface area contributed by atoms with E-state index in [-0.39, 0.29) is 23.3 Å².